The average molecular weight is 605 g/mol. The molecule has 0 spiro atoms. The van der Waals surface area contributed by atoms with Crippen molar-refractivity contribution in [2.45, 2.75) is 0 Å². The molecular weight excluding hydrogens is 576 g/mol. The van der Waals surface area contributed by atoms with Gasteiger partial charge in [0.15, 0.2) is 5.58 Å². The number of anilines is 3. The van der Waals surface area contributed by atoms with E-state index in [1.165, 1.54) is 16.7 Å². The third-order valence-corrected chi connectivity index (χ3v) is 8.69. The highest BCUT2D eigenvalue weighted by molar-refractivity contribution is 6.15. The number of rotatable bonds is 6. The van der Waals surface area contributed by atoms with Gasteiger partial charge in [-0.05, 0) is 76.9 Å². The number of aromatic nitrogens is 1. The molecule has 222 valence electrons. The van der Waals surface area contributed by atoms with Crippen LogP contribution in [0.1, 0.15) is 0 Å². The van der Waals surface area contributed by atoms with E-state index in [0.717, 1.165) is 61.2 Å². The Kier molecular flexibility index (Phi) is 6.43. The van der Waals surface area contributed by atoms with Gasteiger partial charge in [-0.25, -0.2) is 4.98 Å². The lowest BCUT2D eigenvalue weighted by atomic mass is 10.0. The molecule has 0 radical (unpaired) electrons. The van der Waals surface area contributed by atoms with Gasteiger partial charge in [0.05, 0.1) is 11.1 Å². The first-order valence-electron chi connectivity index (χ1n) is 15.7. The van der Waals surface area contributed by atoms with Crippen molar-refractivity contribution in [1.82, 2.24) is 4.98 Å². The standard InChI is InChI=1S/C43H28N2O2/c1-4-12-29(13-5-1)31-22-24-34(25-23-31)45(35-19-10-18-33(26-35)30-14-6-2-7-15-30)38-20-11-21-39-42(38)36-27-41-37(28-40(36)46-39)44-43(47-41)32-16-8-3-9-17-32/h1-28H. The van der Waals surface area contributed by atoms with Crippen LogP contribution >= 0.6 is 0 Å². The number of benzene rings is 7. The summed E-state index contributed by atoms with van der Waals surface area (Å²) < 4.78 is 12.8. The summed E-state index contributed by atoms with van der Waals surface area (Å²) in [6.07, 6.45) is 0. The van der Waals surface area contributed by atoms with Crippen LogP contribution < -0.4 is 4.90 Å². The molecule has 0 aliphatic rings. The van der Waals surface area contributed by atoms with Crippen molar-refractivity contribution in [2.24, 2.45) is 0 Å². The smallest absolute Gasteiger partial charge is 0.227 e. The predicted molar refractivity (Wildman–Crippen MR) is 192 cm³/mol. The topological polar surface area (TPSA) is 42.4 Å². The second-order valence-electron chi connectivity index (χ2n) is 11.6. The quantitative estimate of drug-likeness (QED) is 0.189. The Morgan fingerprint density at radius 2 is 1.02 bits per heavy atom. The maximum atomic E-state index is 6.50. The number of hydrogen-bond acceptors (Lipinski definition) is 4. The zero-order valence-electron chi connectivity index (χ0n) is 25.4. The van der Waals surface area contributed by atoms with Crippen molar-refractivity contribution in [3.8, 4) is 33.7 Å². The number of nitrogens with zero attached hydrogens (tertiary/aromatic N) is 2. The first-order valence-corrected chi connectivity index (χ1v) is 15.7. The molecule has 0 saturated carbocycles. The van der Waals surface area contributed by atoms with Crippen molar-refractivity contribution in [3.05, 3.63) is 170 Å². The minimum atomic E-state index is 0.593. The Bertz CT molecular complexity index is 2500. The Morgan fingerprint density at radius 1 is 0.404 bits per heavy atom. The van der Waals surface area contributed by atoms with E-state index in [4.69, 9.17) is 13.8 Å². The van der Waals surface area contributed by atoms with E-state index in [2.05, 4.69) is 120 Å². The molecule has 0 fully saturated rings. The highest BCUT2D eigenvalue weighted by atomic mass is 16.4. The van der Waals surface area contributed by atoms with Crippen LogP contribution in [-0.2, 0) is 0 Å². The molecule has 4 heteroatoms. The van der Waals surface area contributed by atoms with Crippen molar-refractivity contribution in [2.75, 3.05) is 4.90 Å². The first kappa shape index (κ1) is 27.0. The molecule has 47 heavy (non-hydrogen) atoms. The average Bonchev–Trinajstić information content (AvgIpc) is 3.73. The van der Waals surface area contributed by atoms with Gasteiger partial charge >= 0.3 is 0 Å². The van der Waals surface area contributed by atoms with Gasteiger partial charge in [0.25, 0.3) is 0 Å². The van der Waals surface area contributed by atoms with Crippen LogP contribution in [0.5, 0.6) is 0 Å². The Hall–Kier alpha value is -6.39. The van der Waals surface area contributed by atoms with E-state index >= 15 is 0 Å². The van der Waals surface area contributed by atoms with Crippen molar-refractivity contribution in [3.63, 3.8) is 0 Å². The summed E-state index contributed by atoms with van der Waals surface area (Å²) in [6.45, 7) is 0. The molecular formula is C43H28N2O2. The molecule has 0 atom stereocenters. The SMILES string of the molecule is c1ccc(-c2ccc(N(c3cccc(-c4ccccc4)c3)c3cccc4oc5cc6nc(-c7ccccc7)oc6cc5c34)cc2)cc1. The Morgan fingerprint density at radius 3 is 1.74 bits per heavy atom. The highest BCUT2D eigenvalue weighted by Gasteiger charge is 2.21. The maximum Gasteiger partial charge on any atom is 0.227 e. The van der Waals surface area contributed by atoms with E-state index in [0.29, 0.717) is 5.89 Å². The Labute approximate surface area is 271 Å². The molecule has 9 aromatic rings. The summed E-state index contributed by atoms with van der Waals surface area (Å²) in [5, 5.41) is 1.99. The number of hydrogen-bond donors (Lipinski definition) is 0. The van der Waals surface area contributed by atoms with Gasteiger partial charge in [-0.15, -0.1) is 0 Å². The number of fused-ring (bicyclic) bond motifs is 4. The minimum Gasteiger partial charge on any atom is -0.456 e. The van der Waals surface area contributed by atoms with Crippen molar-refractivity contribution >= 4 is 50.1 Å². The number of oxazole rings is 1. The summed E-state index contributed by atoms with van der Waals surface area (Å²) in [4.78, 5) is 7.11. The third kappa shape index (κ3) is 4.84. The monoisotopic (exact) mass is 604 g/mol. The van der Waals surface area contributed by atoms with Gasteiger partial charge in [0.2, 0.25) is 5.89 Å². The molecule has 0 amide bonds. The van der Waals surface area contributed by atoms with E-state index in [1.807, 2.05) is 54.6 Å². The van der Waals surface area contributed by atoms with Crippen LogP contribution in [0.3, 0.4) is 0 Å². The zero-order valence-corrected chi connectivity index (χ0v) is 25.4. The summed E-state index contributed by atoms with van der Waals surface area (Å²) in [7, 11) is 0. The van der Waals surface area contributed by atoms with E-state index in [9.17, 15) is 0 Å². The molecule has 0 aliphatic carbocycles. The molecule has 9 rings (SSSR count). The summed E-state index contributed by atoms with van der Waals surface area (Å²) in [5.41, 5.74) is 11.8. The summed E-state index contributed by atoms with van der Waals surface area (Å²) >= 11 is 0. The van der Waals surface area contributed by atoms with Crippen LogP contribution in [0.4, 0.5) is 17.1 Å². The van der Waals surface area contributed by atoms with Gasteiger partial charge in [0, 0.05) is 28.4 Å². The maximum absolute atomic E-state index is 6.50. The fraction of sp³-hybridized carbons (Fsp3) is 0. The fourth-order valence-corrected chi connectivity index (χ4v) is 6.43. The molecule has 0 bridgehead atoms. The van der Waals surface area contributed by atoms with Crippen LogP contribution in [-0.4, -0.2) is 4.98 Å². The molecule has 0 unspecified atom stereocenters. The summed E-state index contributed by atoms with van der Waals surface area (Å²) in [5.74, 6) is 0.593. The second-order valence-corrected chi connectivity index (χ2v) is 11.6. The normalized spacial score (nSPS) is 11.4. The fourth-order valence-electron chi connectivity index (χ4n) is 6.43. The molecule has 7 aromatic carbocycles. The van der Waals surface area contributed by atoms with Crippen LogP contribution in [0.2, 0.25) is 0 Å². The van der Waals surface area contributed by atoms with Crippen molar-refractivity contribution < 1.29 is 8.83 Å². The second kappa shape index (κ2) is 11.2. The van der Waals surface area contributed by atoms with Crippen molar-refractivity contribution in [1.29, 1.82) is 0 Å². The lowest BCUT2D eigenvalue weighted by Crippen LogP contribution is -2.10. The minimum absolute atomic E-state index is 0.593. The van der Waals surface area contributed by atoms with Gasteiger partial charge < -0.3 is 13.7 Å². The predicted octanol–water partition coefficient (Wildman–Crippen LogP) is 12.2. The van der Waals surface area contributed by atoms with Gasteiger partial charge in [-0.1, -0.05) is 109 Å². The van der Waals surface area contributed by atoms with Gasteiger partial charge in [0.1, 0.15) is 16.7 Å². The largest absolute Gasteiger partial charge is 0.456 e. The zero-order chi connectivity index (χ0) is 31.2. The third-order valence-electron chi connectivity index (χ3n) is 8.69. The molecule has 0 N–H and O–H groups in total. The molecule has 2 heterocycles. The summed E-state index contributed by atoms with van der Waals surface area (Å²) in [6, 6.07) is 58.7. The van der Waals surface area contributed by atoms with E-state index < -0.39 is 0 Å². The number of furan rings is 1. The molecule has 0 saturated heterocycles. The van der Waals surface area contributed by atoms with E-state index in [-0.39, 0.29) is 0 Å². The molecule has 4 nitrogen and oxygen atoms in total. The lowest BCUT2D eigenvalue weighted by Gasteiger charge is -2.27. The van der Waals surface area contributed by atoms with Crippen LogP contribution in [0.15, 0.2) is 179 Å². The van der Waals surface area contributed by atoms with Gasteiger partial charge in [-0.2, -0.15) is 0 Å². The molecule has 2 aromatic heterocycles. The van der Waals surface area contributed by atoms with Gasteiger partial charge in [-0.3, -0.25) is 0 Å². The van der Waals surface area contributed by atoms with Crippen LogP contribution in [0, 0.1) is 0 Å². The lowest BCUT2D eigenvalue weighted by molar-refractivity contribution is 0.620. The molecule has 0 aliphatic heterocycles. The first-order chi connectivity index (χ1) is 23.3. The highest BCUT2D eigenvalue weighted by Crippen LogP contribution is 2.44. The Balaban J connectivity index is 1.25. The van der Waals surface area contributed by atoms with Crippen LogP contribution in [0.25, 0.3) is 66.7 Å². The van der Waals surface area contributed by atoms with E-state index in [1.54, 1.807) is 0 Å².